The molecule has 0 saturated heterocycles. The lowest BCUT2D eigenvalue weighted by Gasteiger charge is -2.20. The Morgan fingerprint density at radius 3 is 0.685 bits per heavy atom. The Kier molecular flexibility index (Phi) is 14.1. The molecule has 0 bridgehead atoms. The lowest BCUT2D eigenvalue weighted by Crippen LogP contribution is -1.92. The van der Waals surface area contributed by atoms with Crippen LogP contribution in [0.2, 0.25) is 0 Å². The molecule has 0 aromatic heterocycles. The van der Waals surface area contributed by atoms with Crippen molar-refractivity contribution < 1.29 is 0 Å². The molecular weight excluding hydrogens is 1300 g/mol. The molecule has 0 heterocycles. The fraction of sp³-hybridized carbons (Fsp3) is 0. The van der Waals surface area contributed by atoms with E-state index in [1.54, 1.807) is 0 Å². The van der Waals surface area contributed by atoms with Gasteiger partial charge in [-0.2, -0.15) is 0 Å². The fourth-order valence-electron chi connectivity index (χ4n) is 18.5. The van der Waals surface area contributed by atoms with Gasteiger partial charge in [0.2, 0.25) is 0 Å². The summed E-state index contributed by atoms with van der Waals surface area (Å²) in [6.07, 6.45) is 0. The molecule has 0 saturated carbocycles. The Hall–Kier alpha value is -14.0. The Morgan fingerprint density at radius 1 is 0.0926 bits per heavy atom. The van der Waals surface area contributed by atoms with Crippen LogP contribution in [0.15, 0.2) is 400 Å². The third-order valence-corrected chi connectivity index (χ3v) is 23.4. The van der Waals surface area contributed by atoms with Gasteiger partial charge in [0.1, 0.15) is 0 Å². The van der Waals surface area contributed by atoms with Crippen molar-refractivity contribution in [3.63, 3.8) is 0 Å². The molecule has 0 radical (unpaired) electrons. The van der Waals surface area contributed by atoms with Crippen LogP contribution in [0.25, 0.3) is 228 Å². The van der Waals surface area contributed by atoms with Gasteiger partial charge in [-0.25, -0.2) is 0 Å². The minimum Gasteiger partial charge on any atom is -0.0616 e. The molecule has 0 aliphatic rings. The minimum absolute atomic E-state index is 1.22. The highest BCUT2D eigenvalue weighted by molar-refractivity contribution is 6.30. The second-order valence-electron chi connectivity index (χ2n) is 29.2. The SMILES string of the molecule is c1ccc2c(c1)cc(-c1c3ccccc3c(-c3ccc4ccc(-c5ccc6c7ccccc7c7ccccc7c6c5)cc4c3)c3ccccc13)c1ccccc12.c1ccc2c(c1)cc(-c1ccc3ccc(-c4c5ccccc5c(-c5cc6ccccc6c6ccccc56)c5ccccc45)cc3c1)c1ccccc12. The average Bonchev–Trinajstić information content (AvgIpc) is 0.746. The molecule has 108 heavy (non-hydrogen) atoms. The number of hydrogen-bond donors (Lipinski definition) is 0. The van der Waals surface area contributed by atoms with E-state index in [2.05, 4.69) is 400 Å². The van der Waals surface area contributed by atoms with Gasteiger partial charge in [0, 0.05) is 0 Å². The standard InChI is InChI=1S/C56H34.C52H32/c1-2-14-41-38(13-1)34-54(47-20-8-3-15-42(41)47)56-51-23-11-9-21-49(51)55(50-22-10-12-24-52(50)56)39-28-26-35-25-27-36(31-40(35)32-39)37-29-30-48-45-18-5-4-16-43(45)44-17-6-7-19-46(44)53(48)33-37;1-3-15-39-34(13-1)31-49(43-19-7-5-17-41(39)43)36-27-25-33-26-28-37(30-38(33)29-36)51-45-21-9-11-23-47(45)52(48-24-12-10-22-46(48)51)50-32-35-14-2-4-16-40(35)42-18-6-8-20-44(42)50/h1-34H;1-32H. The highest BCUT2D eigenvalue weighted by Gasteiger charge is 2.23. The number of rotatable bonds is 6. The number of benzene rings is 23. The molecule has 0 atom stereocenters. The maximum atomic E-state index is 2.40. The van der Waals surface area contributed by atoms with E-state index < -0.39 is 0 Å². The molecule has 0 heteroatoms. The van der Waals surface area contributed by atoms with Crippen LogP contribution in [0.4, 0.5) is 0 Å². The summed E-state index contributed by atoms with van der Waals surface area (Å²) in [5.41, 5.74) is 15.1. The molecule has 0 amide bonds. The van der Waals surface area contributed by atoms with Crippen molar-refractivity contribution in [3.05, 3.63) is 400 Å². The van der Waals surface area contributed by atoms with Gasteiger partial charge in [-0.05, 0) is 277 Å². The summed E-state index contributed by atoms with van der Waals surface area (Å²) in [6.45, 7) is 0. The van der Waals surface area contributed by atoms with E-state index in [-0.39, 0.29) is 0 Å². The van der Waals surface area contributed by atoms with Gasteiger partial charge in [0.25, 0.3) is 0 Å². The highest BCUT2D eigenvalue weighted by atomic mass is 14.3. The molecule has 23 aromatic carbocycles. The quantitative estimate of drug-likeness (QED) is 0.115. The Bertz CT molecular complexity index is 7590. The summed E-state index contributed by atoms with van der Waals surface area (Å²) >= 11 is 0. The number of hydrogen-bond acceptors (Lipinski definition) is 0. The summed E-state index contributed by atoms with van der Waals surface area (Å²) in [4.78, 5) is 0. The third kappa shape index (κ3) is 9.78. The first-order valence-electron chi connectivity index (χ1n) is 37.6. The lowest BCUT2D eigenvalue weighted by molar-refractivity contribution is 1.67. The largest absolute Gasteiger partial charge is 0.0616 e. The molecule has 0 fully saturated rings. The second-order valence-corrected chi connectivity index (χ2v) is 29.2. The molecule has 0 aliphatic heterocycles. The zero-order valence-electron chi connectivity index (χ0n) is 59.1. The first kappa shape index (κ1) is 61.4. The van der Waals surface area contributed by atoms with Gasteiger partial charge in [0.05, 0.1) is 0 Å². The highest BCUT2D eigenvalue weighted by Crippen LogP contribution is 2.51. The van der Waals surface area contributed by atoms with Crippen molar-refractivity contribution in [2.45, 2.75) is 0 Å². The minimum atomic E-state index is 1.22. The maximum Gasteiger partial charge on any atom is -0.00199 e. The maximum absolute atomic E-state index is 2.40. The van der Waals surface area contributed by atoms with Crippen molar-refractivity contribution >= 4 is 162 Å². The van der Waals surface area contributed by atoms with Crippen molar-refractivity contribution in [2.24, 2.45) is 0 Å². The summed E-state index contributed by atoms with van der Waals surface area (Å²) in [5.74, 6) is 0. The zero-order valence-corrected chi connectivity index (χ0v) is 59.1. The van der Waals surface area contributed by atoms with E-state index in [4.69, 9.17) is 0 Å². The second kappa shape index (κ2) is 24.8. The summed E-state index contributed by atoms with van der Waals surface area (Å²) in [7, 11) is 0. The average molecular weight is 1360 g/mol. The molecule has 0 nitrogen and oxygen atoms in total. The number of fused-ring (bicyclic) bond motifs is 21. The first-order chi connectivity index (χ1) is 53.6. The topological polar surface area (TPSA) is 0 Å². The first-order valence-corrected chi connectivity index (χ1v) is 37.6. The van der Waals surface area contributed by atoms with Crippen molar-refractivity contribution in [1.82, 2.24) is 0 Å². The Morgan fingerprint density at radius 2 is 0.315 bits per heavy atom. The van der Waals surface area contributed by atoms with Gasteiger partial charge in [-0.3, -0.25) is 0 Å². The van der Waals surface area contributed by atoms with E-state index in [1.807, 2.05) is 0 Å². The van der Waals surface area contributed by atoms with E-state index >= 15 is 0 Å². The van der Waals surface area contributed by atoms with Crippen molar-refractivity contribution in [1.29, 1.82) is 0 Å². The van der Waals surface area contributed by atoms with Gasteiger partial charge in [-0.1, -0.05) is 352 Å². The van der Waals surface area contributed by atoms with Crippen molar-refractivity contribution in [2.75, 3.05) is 0 Å². The van der Waals surface area contributed by atoms with Crippen LogP contribution < -0.4 is 0 Å². The van der Waals surface area contributed by atoms with Crippen LogP contribution >= 0.6 is 0 Å². The fourth-order valence-corrected chi connectivity index (χ4v) is 18.5. The van der Waals surface area contributed by atoms with E-state index in [9.17, 15) is 0 Å². The molecule has 23 aromatic rings. The predicted molar refractivity (Wildman–Crippen MR) is 468 cm³/mol. The van der Waals surface area contributed by atoms with Crippen LogP contribution in [0, 0.1) is 0 Å². The molecular formula is C108H66. The normalized spacial score (nSPS) is 11.9. The summed E-state index contributed by atoms with van der Waals surface area (Å²) < 4.78 is 0. The van der Waals surface area contributed by atoms with Gasteiger partial charge < -0.3 is 0 Å². The monoisotopic (exact) mass is 1360 g/mol. The molecule has 0 unspecified atom stereocenters. The van der Waals surface area contributed by atoms with Crippen LogP contribution in [0.3, 0.4) is 0 Å². The van der Waals surface area contributed by atoms with Gasteiger partial charge in [0.15, 0.2) is 0 Å². The van der Waals surface area contributed by atoms with E-state index in [0.717, 1.165) is 0 Å². The summed E-state index contributed by atoms with van der Waals surface area (Å²) in [6, 6.07) is 149. The van der Waals surface area contributed by atoms with E-state index in [0.29, 0.717) is 0 Å². The van der Waals surface area contributed by atoms with E-state index in [1.165, 1.54) is 228 Å². The molecule has 0 N–H and O–H groups in total. The van der Waals surface area contributed by atoms with Crippen LogP contribution in [0.1, 0.15) is 0 Å². The van der Waals surface area contributed by atoms with Crippen molar-refractivity contribution in [3.8, 4) is 66.8 Å². The zero-order chi connectivity index (χ0) is 70.9. The molecule has 498 valence electrons. The lowest BCUT2D eigenvalue weighted by atomic mass is 9.83. The predicted octanol–water partition coefficient (Wildman–Crippen LogP) is 30.7. The van der Waals surface area contributed by atoms with Gasteiger partial charge >= 0.3 is 0 Å². The Balaban J connectivity index is 0.000000134. The van der Waals surface area contributed by atoms with Crippen LogP contribution in [-0.2, 0) is 0 Å². The van der Waals surface area contributed by atoms with Gasteiger partial charge in [-0.15, -0.1) is 0 Å². The third-order valence-electron chi connectivity index (χ3n) is 23.4. The molecule has 0 spiro atoms. The smallest absolute Gasteiger partial charge is 0.00199 e. The molecule has 23 rings (SSSR count). The van der Waals surface area contributed by atoms with Crippen LogP contribution in [-0.4, -0.2) is 0 Å². The Labute approximate surface area is 624 Å². The van der Waals surface area contributed by atoms with Crippen LogP contribution in [0.5, 0.6) is 0 Å². The molecule has 0 aliphatic carbocycles. The summed E-state index contributed by atoms with van der Waals surface area (Å²) in [5, 5.41) is 38.3.